The molecule has 0 saturated carbocycles. The summed E-state index contributed by atoms with van der Waals surface area (Å²) in [5.41, 5.74) is 6.05. The minimum absolute atomic E-state index is 0.107. The largest absolute Gasteiger partial charge is 0.480 e. The highest BCUT2D eigenvalue weighted by Crippen LogP contribution is 2.37. The normalized spacial score (nSPS) is 30.0. The lowest BCUT2D eigenvalue weighted by Gasteiger charge is -2.23. The number of hydrogen-bond acceptors (Lipinski definition) is 3. The molecular weight excluding hydrogens is 180 g/mol. The minimum atomic E-state index is -1.31. The summed E-state index contributed by atoms with van der Waals surface area (Å²) in [6.45, 7) is 1.84. The number of aromatic nitrogens is 1. The fraction of sp³-hybridized carbons (Fsp3) is 0.400. The molecule has 1 aliphatic rings. The summed E-state index contributed by atoms with van der Waals surface area (Å²) in [5.74, 6) is -1.10. The van der Waals surface area contributed by atoms with Crippen molar-refractivity contribution >= 4 is 5.97 Å². The van der Waals surface area contributed by atoms with Crippen LogP contribution >= 0.6 is 0 Å². The highest BCUT2D eigenvalue weighted by atomic mass is 16.4. The van der Waals surface area contributed by atoms with Gasteiger partial charge in [0.05, 0.1) is 5.69 Å². The van der Waals surface area contributed by atoms with Gasteiger partial charge in [0.15, 0.2) is 5.54 Å². The lowest BCUT2D eigenvalue weighted by atomic mass is 9.88. The Labute approximate surface area is 81.8 Å². The van der Waals surface area contributed by atoms with Crippen LogP contribution in [0.4, 0.5) is 0 Å². The second-order valence-corrected chi connectivity index (χ2v) is 3.79. The summed E-state index contributed by atoms with van der Waals surface area (Å²) < 4.78 is 0. The standard InChI is InChI=1S/C10H12N2O2/c1-6-5-7-3-2-4-12-8(7)10(6,11)9(13)14/h2-4,6H,5,11H2,1H3,(H,13,14). The number of hydrogen-bond donors (Lipinski definition) is 2. The summed E-state index contributed by atoms with van der Waals surface area (Å²) in [6, 6.07) is 3.69. The Morgan fingerprint density at radius 1 is 1.79 bits per heavy atom. The van der Waals surface area contributed by atoms with Crippen LogP contribution in [0.15, 0.2) is 18.3 Å². The molecule has 2 atom stereocenters. The Bertz CT molecular complexity index is 391. The van der Waals surface area contributed by atoms with Crippen LogP contribution in [-0.4, -0.2) is 16.1 Å². The number of carboxylic acid groups (broad SMARTS) is 1. The SMILES string of the molecule is CC1Cc2cccnc2C1(N)C(=O)O. The van der Waals surface area contributed by atoms with Crippen molar-refractivity contribution in [2.75, 3.05) is 0 Å². The average molecular weight is 192 g/mol. The van der Waals surface area contributed by atoms with Crippen molar-refractivity contribution in [2.45, 2.75) is 18.9 Å². The van der Waals surface area contributed by atoms with Crippen molar-refractivity contribution in [3.8, 4) is 0 Å². The molecule has 1 aromatic rings. The van der Waals surface area contributed by atoms with E-state index in [0.717, 1.165) is 5.56 Å². The zero-order valence-corrected chi connectivity index (χ0v) is 7.90. The highest BCUT2D eigenvalue weighted by molar-refractivity contribution is 5.82. The van der Waals surface area contributed by atoms with Crippen LogP contribution < -0.4 is 5.73 Å². The van der Waals surface area contributed by atoms with Crippen molar-refractivity contribution in [1.82, 2.24) is 4.98 Å². The second kappa shape index (κ2) is 2.78. The van der Waals surface area contributed by atoms with E-state index in [2.05, 4.69) is 4.98 Å². The van der Waals surface area contributed by atoms with Crippen molar-refractivity contribution in [3.63, 3.8) is 0 Å². The molecule has 0 bridgehead atoms. The van der Waals surface area contributed by atoms with Gasteiger partial charge in [-0.3, -0.25) is 4.98 Å². The fourth-order valence-electron chi connectivity index (χ4n) is 2.01. The van der Waals surface area contributed by atoms with Gasteiger partial charge in [-0.2, -0.15) is 0 Å². The van der Waals surface area contributed by atoms with Gasteiger partial charge in [-0.15, -0.1) is 0 Å². The topological polar surface area (TPSA) is 76.2 Å². The highest BCUT2D eigenvalue weighted by Gasteiger charge is 2.48. The summed E-state index contributed by atoms with van der Waals surface area (Å²) >= 11 is 0. The maximum Gasteiger partial charge on any atom is 0.330 e. The molecule has 4 nitrogen and oxygen atoms in total. The average Bonchev–Trinajstić information content (AvgIpc) is 2.41. The lowest BCUT2D eigenvalue weighted by molar-refractivity contribution is -0.145. The van der Waals surface area contributed by atoms with Gasteiger partial charge in [0.1, 0.15) is 0 Å². The van der Waals surface area contributed by atoms with E-state index in [1.807, 2.05) is 13.0 Å². The number of aliphatic carboxylic acids is 1. The first-order valence-electron chi connectivity index (χ1n) is 4.53. The predicted molar refractivity (Wildman–Crippen MR) is 50.6 cm³/mol. The molecule has 0 radical (unpaired) electrons. The molecule has 74 valence electrons. The van der Waals surface area contributed by atoms with Gasteiger partial charge in [0.2, 0.25) is 0 Å². The van der Waals surface area contributed by atoms with Gasteiger partial charge >= 0.3 is 5.97 Å². The zero-order chi connectivity index (χ0) is 10.3. The number of carboxylic acids is 1. The van der Waals surface area contributed by atoms with Crippen LogP contribution in [0.3, 0.4) is 0 Å². The lowest BCUT2D eigenvalue weighted by Crippen LogP contribution is -2.48. The molecule has 0 amide bonds. The molecule has 0 fully saturated rings. The number of carbonyl (C=O) groups is 1. The number of fused-ring (bicyclic) bond motifs is 1. The Balaban J connectivity index is 2.60. The Morgan fingerprint density at radius 2 is 2.50 bits per heavy atom. The molecule has 0 spiro atoms. The Morgan fingerprint density at radius 3 is 3.14 bits per heavy atom. The monoisotopic (exact) mass is 192 g/mol. The molecule has 1 aliphatic carbocycles. The first kappa shape index (κ1) is 9.15. The van der Waals surface area contributed by atoms with Crippen LogP contribution in [0.2, 0.25) is 0 Å². The van der Waals surface area contributed by atoms with E-state index in [-0.39, 0.29) is 5.92 Å². The number of nitrogens with two attached hydrogens (primary N) is 1. The molecule has 0 saturated heterocycles. The van der Waals surface area contributed by atoms with E-state index >= 15 is 0 Å². The smallest absolute Gasteiger partial charge is 0.330 e. The molecule has 4 heteroatoms. The molecule has 0 aliphatic heterocycles. The Kier molecular flexibility index (Phi) is 1.82. The molecule has 3 N–H and O–H groups in total. The van der Waals surface area contributed by atoms with Crippen LogP contribution in [0, 0.1) is 5.92 Å². The third-order valence-corrected chi connectivity index (χ3v) is 2.94. The van der Waals surface area contributed by atoms with Crippen molar-refractivity contribution < 1.29 is 9.90 Å². The maximum absolute atomic E-state index is 11.1. The number of nitrogens with zero attached hydrogens (tertiary/aromatic N) is 1. The third-order valence-electron chi connectivity index (χ3n) is 2.94. The van der Waals surface area contributed by atoms with E-state index in [4.69, 9.17) is 10.8 Å². The molecule has 1 heterocycles. The van der Waals surface area contributed by atoms with Crippen LogP contribution in [0.1, 0.15) is 18.2 Å². The van der Waals surface area contributed by atoms with Gasteiger partial charge in [0.25, 0.3) is 0 Å². The van der Waals surface area contributed by atoms with Crippen molar-refractivity contribution in [2.24, 2.45) is 11.7 Å². The van der Waals surface area contributed by atoms with Gasteiger partial charge < -0.3 is 10.8 Å². The van der Waals surface area contributed by atoms with E-state index in [1.165, 1.54) is 0 Å². The van der Waals surface area contributed by atoms with E-state index in [9.17, 15) is 4.79 Å². The van der Waals surface area contributed by atoms with Crippen molar-refractivity contribution in [1.29, 1.82) is 0 Å². The first-order valence-corrected chi connectivity index (χ1v) is 4.53. The minimum Gasteiger partial charge on any atom is -0.480 e. The zero-order valence-electron chi connectivity index (χ0n) is 7.90. The van der Waals surface area contributed by atoms with Crippen LogP contribution in [0.5, 0.6) is 0 Å². The van der Waals surface area contributed by atoms with E-state index in [1.54, 1.807) is 12.3 Å². The fourth-order valence-corrected chi connectivity index (χ4v) is 2.01. The van der Waals surface area contributed by atoms with Crippen LogP contribution in [-0.2, 0) is 16.8 Å². The summed E-state index contributed by atoms with van der Waals surface area (Å²) in [6.07, 6.45) is 2.27. The summed E-state index contributed by atoms with van der Waals surface area (Å²) in [7, 11) is 0. The third kappa shape index (κ3) is 0.974. The Hall–Kier alpha value is -1.42. The predicted octanol–water partition coefficient (Wildman–Crippen LogP) is 0.512. The van der Waals surface area contributed by atoms with Crippen molar-refractivity contribution in [3.05, 3.63) is 29.6 Å². The maximum atomic E-state index is 11.1. The summed E-state index contributed by atoms with van der Waals surface area (Å²) in [5, 5.41) is 9.12. The van der Waals surface area contributed by atoms with Crippen LogP contribution in [0.25, 0.3) is 0 Å². The molecule has 0 aromatic carbocycles. The molecule has 14 heavy (non-hydrogen) atoms. The van der Waals surface area contributed by atoms with Gasteiger partial charge in [0, 0.05) is 6.20 Å². The van der Waals surface area contributed by atoms with Gasteiger partial charge in [-0.05, 0) is 24.0 Å². The van der Waals surface area contributed by atoms with E-state index < -0.39 is 11.5 Å². The van der Waals surface area contributed by atoms with Gasteiger partial charge in [-0.1, -0.05) is 13.0 Å². The summed E-state index contributed by atoms with van der Waals surface area (Å²) in [4.78, 5) is 15.2. The molecular formula is C10H12N2O2. The quantitative estimate of drug-likeness (QED) is 0.679. The number of rotatable bonds is 1. The molecule has 1 aromatic heterocycles. The number of pyridine rings is 1. The second-order valence-electron chi connectivity index (χ2n) is 3.79. The van der Waals surface area contributed by atoms with Gasteiger partial charge in [-0.25, -0.2) is 4.79 Å². The first-order chi connectivity index (χ1) is 6.56. The molecule has 2 unspecified atom stereocenters. The van der Waals surface area contributed by atoms with E-state index in [0.29, 0.717) is 12.1 Å². The molecule has 2 rings (SSSR count).